The number of amides is 1. The number of fused-ring (bicyclic) bond motifs is 1. The minimum absolute atomic E-state index is 0.163. The number of rotatable bonds is 2. The maximum absolute atomic E-state index is 12.0. The molecule has 7 nitrogen and oxygen atoms in total. The summed E-state index contributed by atoms with van der Waals surface area (Å²) >= 11 is 1.31. The zero-order chi connectivity index (χ0) is 17.4. The molecule has 0 radical (unpaired) electrons. The van der Waals surface area contributed by atoms with Crippen LogP contribution in [-0.2, 0) is 4.79 Å². The summed E-state index contributed by atoms with van der Waals surface area (Å²) in [7, 11) is 1.59. The number of hydrazone groups is 1. The van der Waals surface area contributed by atoms with Gasteiger partial charge in [0.25, 0.3) is 0 Å². The Labute approximate surface area is 143 Å². The molecule has 0 fully saturated rings. The molecule has 0 saturated carbocycles. The molecule has 2 aromatic rings. The molecule has 1 aliphatic rings. The topological polar surface area (TPSA) is 76.8 Å². The van der Waals surface area contributed by atoms with Crippen LogP contribution < -0.4 is 9.75 Å². The number of ether oxygens (including phenoxy) is 1. The van der Waals surface area contributed by atoms with Crippen molar-refractivity contribution >= 4 is 34.4 Å². The van der Waals surface area contributed by atoms with E-state index in [-0.39, 0.29) is 11.8 Å². The van der Waals surface area contributed by atoms with E-state index in [0.717, 1.165) is 5.56 Å². The first-order valence-electron chi connectivity index (χ1n) is 7.24. The first kappa shape index (κ1) is 16.3. The van der Waals surface area contributed by atoms with E-state index in [4.69, 9.17) is 4.74 Å². The Morgan fingerprint density at radius 1 is 1.21 bits per heavy atom. The lowest BCUT2D eigenvalue weighted by Gasteiger charge is -2.21. The molecule has 0 N–H and O–H groups in total. The van der Waals surface area contributed by atoms with Gasteiger partial charge in [-0.25, -0.2) is 4.98 Å². The van der Waals surface area contributed by atoms with Crippen molar-refractivity contribution in [1.29, 1.82) is 0 Å². The van der Waals surface area contributed by atoms with Crippen LogP contribution in [-0.4, -0.2) is 33.5 Å². The van der Waals surface area contributed by atoms with E-state index in [1.165, 1.54) is 35.2 Å². The Morgan fingerprint density at radius 3 is 2.58 bits per heavy atom. The van der Waals surface area contributed by atoms with E-state index in [2.05, 4.69) is 10.1 Å². The maximum atomic E-state index is 12.0. The van der Waals surface area contributed by atoms with E-state index < -0.39 is 0 Å². The van der Waals surface area contributed by atoms with Crippen molar-refractivity contribution in [2.45, 2.75) is 25.8 Å². The molecule has 1 amide bonds. The molecule has 0 saturated heterocycles. The third-order valence-electron chi connectivity index (χ3n) is 3.50. The van der Waals surface area contributed by atoms with Crippen molar-refractivity contribution in [2.75, 3.05) is 12.1 Å². The molecule has 1 aromatic carbocycles. The number of anilines is 1. The summed E-state index contributed by atoms with van der Waals surface area (Å²) in [5.41, 5.74) is 0.796. The second-order valence-electron chi connectivity index (χ2n) is 5.21. The molecular weight excluding hydrogens is 328 g/mol. The lowest BCUT2D eigenvalue weighted by atomic mass is 10.2. The van der Waals surface area contributed by atoms with Crippen LogP contribution in [0.3, 0.4) is 0 Å². The van der Waals surface area contributed by atoms with Crippen molar-refractivity contribution in [3.05, 3.63) is 35.7 Å². The fourth-order valence-corrected chi connectivity index (χ4v) is 3.57. The average molecular weight is 344 g/mol. The van der Waals surface area contributed by atoms with Crippen molar-refractivity contribution in [2.24, 2.45) is 5.10 Å². The van der Waals surface area contributed by atoms with Gasteiger partial charge >= 0.3 is 0 Å². The summed E-state index contributed by atoms with van der Waals surface area (Å²) in [6.45, 7) is 4.60. The predicted octanol–water partition coefficient (Wildman–Crippen LogP) is 2.68. The predicted molar refractivity (Wildman–Crippen MR) is 91.8 cm³/mol. The van der Waals surface area contributed by atoms with Gasteiger partial charge in [-0.3, -0.25) is 14.2 Å². The molecule has 3 rings (SSSR count). The summed E-state index contributed by atoms with van der Waals surface area (Å²) in [6.07, 6.45) is 0. The molecule has 0 bridgehead atoms. The van der Waals surface area contributed by atoms with Gasteiger partial charge in [-0.2, -0.15) is 10.1 Å². The van der Waals surface area contributed by atoms with Crippen LogP contribution in [0.25, 0.3) is 0 Å². The van der Waals surface area contributed by atoms with Gasteiger partial charge in [-0.15, -0.1) is 0 Å². The Hall–Kier alpha value is -2.61. The van der Waals surface area contributed by atoms with Crippen LogP contribution in [0.1, 0.15) is 30.0 Å². The van der Waals surface area contributed by atoms with Gasteiger partial charge in [-0.1, -0.05) is 12.1 Å². The van der Waals surface area contributed by atoms with Gasteiger partial charge in [0.2, 0.25) is 11.8 Å². The minimum atomic E-state index is -0.273. The van der Waals surface area contributed by atoms with E-state index in [1.54, 1.807) is 14.0 Å². The molecule has 124 valence electrons. The van der Waals surface area contributed by atoms with Gasteiger partial charge in [0.05, 0.1) is 7.11 Å². The fraction of sp³-hybridized carbons (Fsp3) is 0.250. The smallest absolute Gasteiger partial charge is 0.245 e. The molecule has 2 heterocycles. The molecule has 24 heavy (non-hydrogen) atoms. The van der Waals surface area contributed by atoms with E-state index >= 15 is 0 Å². The number of imidazole rings is 1. The summed E-state index contributed by atoms with van der Waals surface area (Å²) in [5, 5.41) is 6.81. The lowest BCUT2D eigenvalue weighted by Crippen LogP contribution is -2.28. The monoisotopic (exact) mass is 344 g/mol. The number of hydrogen-bond acceptors (Lipinski definition) is 6. The summed E-state index contributed by atoms with van der Waals surface area (Å²) < 4.78 is 6.73. The molecule has 1 aromatic heterocycles. The highest BCUT2D eigenvalue weighted by Gasteiger charge is 2.31. The summed E-state index contributed by atoms with van der Waals surface area (Å²) in [6, 6.07) is 7.38. The normalized spacial score (nSPS) is 13.3. The number of thioether (sulfide) groups is 1. The molecular formula is C16H16N4O3S. The SMILES string of the molecule is COc1cccc(C2=NN(C(C)=O)c3nc(C)n(C(C)=O)c3S2)c1. The molecule has 8 heteroatoms. The Bertz CT molecular complexity index is 872. The number of aromatic nitrogens is 2. The van der Waals surface area contributed by atoms with E-state index in [1.807, 2.05) is 24.3 Å². The maximum Gasteiger partial charge on any atom is 0.245 e. The molecule has 0 aliphatic carbocycles. The van der Waals surface area contributed by atoms with Crippen LogP contribution in [0, 0.1) is 6.92 Å². The van der Waals surface area contributed by atoms with Gasteiger partial charge in [0.1, 0.15) is 21.6 Å². The molecule has 0 spiro atoms. The number of nitrogens with zero attached hydrogens (tertiary/aromatic N) is 4. The molecule has 0 atom stereocenters. The second kappa shape index (κ2) is 6.12. The third kappa shape index (κ3) is 2.69. The Morgan fingerprint density at radius 2 is 1.96 bits per heavy atom. The highest BCUT2D eigenvalue weighted by molar-refractivity contribution is 8.14. The van der Waals surface area contributed by atoms with Gasteiger partial charge < -0.3 is 4.74 Å². The van der Waals surface area contributed by atoms with E-state index in [9.17, 15) is 9.59 Å². The van der Waals surface area contributed by atoms with Gasteiger partial charge in [-0.05, 0) is 30.8 Å². The summed E-state index contributed by atoms with van der Waals surface area (Å²) in [5.74, 6) is 1.15. The number of carbonyl (C=O) groups excluding carboxylic acids is 2. The molecule has 0 unspecified atom stereocenters. The van der Waals surface area contributed by atoms with Crippen molar-refractivity contribution < 1.29 is 14.3 Å². The van der Waals surface area contributed by atoms with Gasteiger partial charge in [0, 0.05) is 19.4 Å². The number of carbonyl (C=O) groups is 2. The first-order chi connectivity index (χ1) is 11.4. The fourth-order valence-electron chi connectivity index (χ4n) is 2.44. The largest absolute Gasteiger partial charge is 0.497 e. The highest BCUT2D eigenvalue weighted by Crippen LogP contribution is 2.38. The van der Waals surface area contributed by atoms with Crippen molar-refractivity contribution in [3.8, 4) is 5.75 Å². The summed E-state index contributed by atoms with van der Waals surface area (Å²) in [4.78, 5) is 28.3. The second-order valence-corrected chi connectivity index (χ2v) is 6.19. The highest BCUT2D eigenvalue weighted by atomic mass is 32.2. The minimum Gasteiger partial charge on any atom is -0.497 e. The molecule has 1 aliphatic heterocycles. The van der Waals surface area contributed by atoms with Crippen LogP contribution in [0.4, 0.5) is 5.82 Å². The zero-order valence-electron chi connectivity index (χ0n) is 13.7. The lowest BCUT2D eigenvalue weighted by molar-refractivity contribution is -0.116. The standard InChI is InChI=1S/C16H16N4O3S/c1-9-17-14-16(19(9)10(2)21)24-15(18-20(14)11(3)22)12-6-5-7-13(8-12)23-4/h5-8H,1-4H3. The van der Waals surface area contributed by atoms with Crippen LogP contribution in [0.2, 0.25) is 0 Å². The Balaban J connectivity index is 2.14. The zero-order valence-corrected chi connectivity index (χ0v) is 14.5. The van der Waals surface area contributed by atoms with E-state index in [0.29, 0.717) is 27.5 Å². The third-order valence-corrected chi connectivity index (χ3v) is 4.57. The van der Waals surface area contributed by atoms with Crippen molar-refractivity contribution in [1.82, 2.24) is 9.55 Å². The first-order valence-corrected chi connectivity index (χ1v) is 8.06. The average Bonchev–Trinajstić information content (AvgIpc) is 2.89. The van der Waals surface area contributed by atoms with Crippen LogP contribution in [0.5, 0.6) is 5.75 Å². The van der Waals surface area contributed by atoms with Crippen LogP contribution >= 0.6 is 11.8 Å². The van der Waals surface area contributed by atoms with Crippen LogP contribution in [0.15, 0.2) is 34.4 Å². The Kier molecular flexibility index (Phi) is 4.15. The van der Waals surface area contributed by atoms with Crippen molar-refractivity contribution in [3.63, 3.8) is 0 Å². The van der Waals surface area contributed by atoms with Gasteiger partial charge in [0.15, 0.2) is 5.82 Å². The number of methoxy groups -OCH3 is 1. The number of benzene rings is 1. The number of aryl methyl sites for hydroxylation is 1. The number of hydrogen-bond donors (Lipinski definition) is 0. The quantitative estimate of drug-likeness (QED) is 0.837.